The van der Waals surface area contributed by atoms with E-state index in [1.165, 1.54) is 13.8 Å². The van der Waals surface area contributed by atoms with Gasteiger partial charge in [0.25, 0.3) is 0 Å². The van der Waals surface area contributed by atoms with Gasteiger partial charge in [0.05, 0.1) is 0 Å². The van der Waals surface area contributed by atoms with Crippen molar-refractivity contribution in [2.24, 2.45) is 0 Å². The van der Waals surface area contributed by atoms with Gasteiger partial charge in [-0.25, -0.2) is 8.78 Å². The smallest absolute Gasteiger partial charge is 0.156 e. The summed E-state index contributed by atoms with van der Waals surface area (Å²) < 4.78 is 26.5. The molecule has 0 aliphatic heterocycles. The number of rotatable bonds is 4. The summed E-state index contributed by atoms with van der Waals surface area (Å²) in [6.07, 6.45) is 0.689. The first-order chi connectivity index (χ1) is 4.83. The lowest BCUT2D eigenvalue weighted by Crippen LogP contribution is -2.22. The molecule has 2 atom stereocenters. The third-order valence-corrected chi connectivity index (χ3v) is 3.12. The molecule has 0 aromatic carbocycles. The zero-order valence-electron chi connectivity index (χ0n) is 7.58. The molecule has 0 aliphatic carbocycles. The Kier molecular flexibility index (Phi) is 3.82. The Balaban J connectivity index is 4.02. The molecular formula is C8H16F2S. The van der Waals surface area contributed by atoms with Crippen LogP contribution in [0.15, 0.2) is 0 Å². The van der Waals surface area contributed by atoms with Gasteiger partial charge in [-0.2, -0.15) is 0 Å². The first-order valence-electron chi connectivity index (χ1n) is 3.91. The molecule has 0 aromatic rings. The lowest BCUT2D eigenvalue weighted by molar-refractivity contribution is 0.267. The van der Waals surface area contributed by atoms with Gasteiger partial charge in [0.2, 0.25) is 0 Å². The van der Waals surface area contributed by atoms with Crippen molar-refractivity contribution >= 4 is 11.8 Å². The normalized spacial score (nSPS) is 22.4. The first-order valence-corrected chi connectivity index (χ1v) is 4.72. The summed E-state index contributed by atoms with van der Waals surface area (Å²) in [5.41, 5.74) is 0. The van der Waals surface area contributed by atoms with Gasteiger partial charge in [-0.1, -0.05) is 25.6 Å². The standard InChI is InChI=1S/C8H16F2S/c1-5-7(3,9)11-8(4,10)6-2/h5-6H2,1-4H3. The molecule has 0 saturated heterocycles. The Bertz CT molecular complexity index is 107. The van der Waals surface area contributed by atoms with Crippen LogP contribution in [0, 0.1) is 0 Å². The van der Waals surface area contributed by atoms with E-state index in [-0.39, 0.29) is 0 Å². The van der Waals surface area contributed by atoms with Crippen LogP contribution < -0.4 is 0 Å². The minimum atomic E-state index is -1.43. The molecule has 0 N–H and O–H groups in total. The second-order valence-corrected chi connectivity index (χ2v) is 4.92. The summed E-state index contributed by atoms with van der Waals surface area (Å²) in [5.74, 6) is 0. The minimum absolute atomic E-state index is 0.344. The van der Waals surface area contributed by atoms with Gasteiger partial charge in [0.1, 0.15) is 0 Å². The van der Waals surface area contributed by atoms with Crippen molar-refractivity contribution in [2.45, 2.75) is 50.5 Å². The van der Waals surface area contributed by atoms with Crippen molar-refractivity contribution in [1.82, 2.24) is 0 Å². The molecule has 11 heavy (non-hydrogen) atoms. The predicted molar refractivity (Wildman–Crippen MR) is 47.2 cm³/mol. The monoisotopic (exact) mass is 182 g/mol. The highest BCUT2D eigenvalue weighted by atomic mass is 32.2. The molecule has 2 unspecified atom stereocenters. The van der Waals surface area contributed by atoms with Gasteiger partial charge in [0, 0.05) is 0 Å². The van der Waals surface area contributed by atoms with E-state index in [1.807, 2.05) is 0 Å². The van der Waals surface area contributed by atoms with E-state index in [2.05, 4.69) is 0 Å². The Labute approximate surface area is 71.7 Å². The average molecular weight is 182 g/mol. The lowest BCUT2D eigenvalue weighted by atomic mass is 10.3. The summed E-state index contributed by atoms with van der Waals surface area (Å²) in [6.45, 7) is 6.29. The molecule has 0 radical (unpaired) electrons. The number of halogens is 2. The molecule has 0 heterocycles. The van der Waals surface area contributed by atoms with E-state index in [0.717, 1.165) is 11.8 Å². The van der Waals surface area contributed by atoms with E-state index in [0.29, 0.717) is 12.8 Å². The highest BCUT2D eigenvalue weighted by Gasteiger charge is 2.33. The summed E-state index contributed by atoms with van der Waals surface area (Å²) in [7, 11) is 0. The number of thioether (sulfide) groups is 1. The molecule has 0 aliphatic rings. The Morgan fingerprint density at radius 3 is 1.45 bits per heavy atom. The van der Waals surface area contributed by atoms with E-state index in [1.54, 1.807) is 13.8 Å². The van der Waals surface area contributed by atoms with Crippen molar-refractivity contribution in [3.63, 3.8) is 0 Å². The maximum absolute atomic E-state index is 13.2. The first kappa shape index (κ1) is 11.2. The number of hydrogen-bond acceptors (Lipinski definition) is 1. The molecule has 0 fully saturated rings. The van der Waals surface area contributed by atoms with Crippen LogP contribution in [0.5, 0.6) is 0 Å². The van der Waals surface area contributed by atoms with E-state index < -0.39 is 10.0 Å². The third-order valence-electron chi connectivity index (χ3n) is 1.69. The third kappa shape index (κ3) is 4.62. The molecule has 0 bridgehead atoms. The Hall–Kier alpha value is 0.210. The summed E-state index contributed by atoms with van der Waals surface area (Å²) in [6, 6.07) is 0. The zero-order valence-corrected chi connectivity index (χ0v) is 8.39. The summed E-state index contributed by atoms with van der Waals surface area (Å²) in [4.78, 5) is 0. The molecule has 0 nitrogen and oxygen atoms in total. The SMILES string of the molecule is CCC(C)(F)SC(C)(F)CC. The predicted octanol–water partition coefficient (Wildman–Crippen LogP) is 3.91. The molecule has 0 rings (SSSR count). The van der Waals surface area contributed by atoms with Gasteiger partial charge < -0.3 is 0 Å². The maximum atomic E-state index is 13.2. The van der Waals surface area contributed by atoms with Crippen molar-refractivity contribution in [3.8, 4) is 0 Å². The fourth-order valence-electron chi connectivity index (χ4n) is 0.588. The molecule has 0 amide bonds. The maximum Gasteiger partial charge on any atom is 0.156 e. The average Bonchev–Trinajstić information content (AvgIpc) is 1.86. The van der Waals surface area contributed by atoms with Crippen molar-refractivity contribution in [1.29, 1.82) is 0 Å². The molecule has 68 valence electrons. The largest absolute Gasteiger partial charge is 0.232 e. The van der Waals surface area contributed by atoms with Gasteiger partial charge >= 0.3 is 0 Å². The second-order valence-electron chi connectivity index (χ2n) is 3.01. The molecular weight excluding hydrogens is 166 g/mol. The van der Waals surface area contributed by atoms with E-state index in [4.69, 9.17) is 0 Å². The quantitative estimate of drug-likeness (QED) is 0.635. The van der Waals surface area contributed by atoms with Crippen LogP contribution in [-0.2, 0) is 0 Å². The van der Waals surface area contributed by atoms with E-state index >= 15 is 0 Å². The zero-order chi connectivity index (χ0) is 9.12. The summed E-state index contributed by atoms with van der Waals surface area (Å²) >= 11 is 0.771. The summed E-state index contributed by atoms with van der Waals surface area (Å²) in [5, 5.41) is -2.86. The Morgan fingerprint density at radius 1 is 1.00 bits per heavy atom. The van der Waals surface area contributed by atoms with E-state index in [9.17, 15) is 8.78 Å². The van der Waals surface area contributed by atoms with Crippen LogP contribution >= 0.6 is 11.8 Å². The van der Waals surface area contributed by atoms with Gasteiger partial charge in [-0.3, -0.25) is 0 Å². The van der Waals surface area contributed by atoms with Crippen LogP contribution in [0.2, 0.25) is 0 Å². The topological polar surface area (TPSA) is 0 Å². The number of alkyl halides is 2. The minimum Gasteiger partial charge on any atom is -0.232 e. The number of hydrogen-bond donors (Lipinski definition) is 0. The highest BCUT2D eigenvalue weighted by molar-refractivity contribution is 8.01. The fraction of sp³-hybridized carbons (Fsp3) is 1.00. The second kappa shape index (κ2) is 3.74. The highest BCUT2D eigenvalue weighted by Crippen LogP contribution is 2.42. The van der Waals surface area contributed by atoms with Crippen LogP contribution in [-0.4, -0.2) is 10.0 Å². The van der Waals surface area contributed by atoms with Gasteiger partial charge in [0.15, 0.2) is 10.0 Å². The van der Waals surface area contributed by atoms with Crippen molar-refractivity contribution in [2.75, 3.05) is 0 Å². The van der Waals surface area contributed by atoms with Gasteiger partial charge in [-0.05, 0) is 26.7 Å². The van der Waals surface area contributed by atoms with Gasteiger partial charge in [-0.15, -0.1) is 0 Å². The molecule has 3 heteroatoms. The van der Waals surface area contributed by atoms with Crippen LogP contribution in [0.1, 0.15) is 40.5 Å². The van der Waals surface area contributed by atoms with Crippen LogP contribution in [0.3, 0.4) is 0 Å². The molecule has 0 saturated carbocycles. The lowest BCUT2D eigenvalue weighted by Gasteiger charge is -2.26. The Morgan fingerprint density at radius 2 is 1.27 bits per heavy atom. The molecule has 0 aromatic heterocycles. The van der Waals surface area contributed by atoms with Crippen LogP contribution in [0.4, 0.5) is 8.78 Å². The fourth-order valence-corrected chi connectivity index (χ4v) is 1.76. The molecule has 0 spiro atoms. The van der Waals surface area contributed by atoms with Crippen molar-refractivity contribution in [3.05, 3.63) is 0 Å². The van der Waals surface area contributed by atoms with Crippen LogP contribution in [0.25, 0.3) is 0 Å². The van der Waals surface area contributed by atoms with Crippen molar-refractivity contribution < 1.29 is 8.78 Å².